The smallest absolute Gasteiger partial charge is 0.309 e. The van der Waals surface area contributed by atoms with E-state index in [0.29, 0.717) is 0 Å². The number of esters is 1. The van der Waals surface area contributed by atoms with Crippen LogP contribution in [0.15, 0.2) is 72.8 Å². The summed E-state index contributed by atoms with van der Waals surface area (Å²) in [7, 11) is 3.04. The predicted octanol–water partition coefficient (Wildman–Crippen LogP) is 4.25. The fourth-order valence-electron chi connectivity index (χ4n) is 2.16. The Balaban J connectivity index is 2.30. The molecule has 0 aliphatic rings. The van der Waals surface area contributed by atoms with Gasteiger partial charge in [0.25, 0.3) is 0 Å². The van der Waals surface area contributed by atoms with Crippen molar-refractivity contribution >= 4 is 11.5 Å². The third kappa shape index (κ3) is 4.85. The summed E-state index contributed by atoms with van der Waals surface area (Å²) in [5, 5.41) is 0. The summed E-state index contributed by atoms with van der Waals surface area (Å²) in [6.07, 6.45) is 5.93. The van der Waals surface area contributed by atoms with E-state index in [1.807, 2.05) is 54.6 Å². The standard InChI is InChI=1S/C20H20O3/c1-22-18-14-12-17(13-15-18)19(16-8-4-3-5-9-16)10-6-7-11-20(21)23-2/h3-10,12-15H,11H2,1-2H3/b7-6+,19-10-. The molecule has 0 aliphatic carbocycles. The molecular formula is C20H20O3. The number of methoxy groups -OCH3 is 2. The second kappa shape index (κ2) is 8.59. The van der Waals surface area contributed by atoms with Crippen LogP contribution in [0.1, 0.15) is 17.5 Å². The van der Waals surface area contributed by atoms with Crippen LogP contribution < -0.4 is 4.74 Å². The Labute approximate surface area is 136 Å². The number of rotatable bonds is 6. The van der Waals surface area contributed by atoms with Gasteiger partial charge in [0.1, 0.15) is 5.75 Å². The first-order valence-electron chi connectivity index (χ1n) is 7.38. The number of allylic oxidation sites excluding steroid dienone is 2. The molecule has 3 nitrogen and oxygen atoms in total. The highest BCUT2D eigenvalue weighted by molar-refractivity contribution is 5.81. The van der Waals surface area contributed by atoms with Gasteiger partial charge in [-0.15, -0.1) is 0 Å². The van der Waals surface area contributed by atoms with Crippen molar-refractivity contribution in [2.24, 2.45) is 0 Å². The predicted molar refractivity (Wildman–Crippen MR) is 92.3 cm³/mol. The third-order valence-electron chi connectivity index (χ3n) is 3.40. The maximum absolute atomic E-state index is 11.2. The molecular weight excluding hydrogens is 288 g/mol. The summed E-state index contributed by atoms with van der Waals surface area (Å²) in [5.41, 5.74) is 3.27. The van der Waals surface area contributed by atoms with Crippen LogP contribution in [0.3, 0.4) is 0 Å². The number of carbonyl (C=O) groups is 1. The van der Waals surface area contributed by atoms with Gasteiger partial charge in [-0.25, -0.2) is 0 Å². The molecule has 2 aromatic rings. The zero-order valence-corrected chi connectivity index (χ0v) is 13.4. The normalized spacial score (nSPS) is 11.5. The molecule has 0 spiro atoms. The van der Waals surface area contributed by atoms with E-state index in [-0.39, 0.29) is 12.4 Å². The molecule has 0 aromatic heterocycles. The lowest BCUT2D eigenvalue weighted by Gasteiger charge is -2.09. The maximum Gasteiger partial charge on any atom is 0.309 e. The fourth-order valence-corrected chi connectivity index (χ4v) is 2.16. The van der Waals surface area contributed by atoms with Crippen LogP contribution in [-0.2, 0) is 9.53 Å². The highest BCUT2D eigenvalue weighted by atomic mass is 16.5. The third-order valence-corrected chi connectivity index (χ3v) is 3.40. The van der Waals surface area contributed by atoms with Crippen molar-refractivity contribution in [1.29, 1.82) is 0 Å². The summed E-state index contributed by atoms with van der Waals surface area (Å²) in [6, 6.07) is 18.0. The Hall–Kier alpha value is -2.81. The van der Waals surface area contributed by atoms with E-state index in [9.17, 15) is 4.79 Å². The van der Waals surface area contributed by atoms with Gasteiger partial charge in [0.05, 0.1) is 20.6 Å². The quantitative estimate of drug-likeness (QED) is 0.591. The van der Waals surface area contributed by atoms with Crippen LogP contribution in [0.25, 0.3) is 5.57 Å². The van der Waals surface area contributed by atoms with Crippen LogP contribution in [0.2, 0.25) is 0 Å². The van der Waals surface area contributed by atoms with Gasteiger partial charge in [-0.05, 0) is 28.8 Å². The maximum atomic E-state index is 11.2. The van der Waals surface area contributed by atoms with E-state index >= 15 is 0 Å². The Kier molecular flexibility index (Phi) is 6.18. The van der Waals surface area contributed by atoms with Crippen LogP contribution in [0.5, 0.6) is 5.75 Å². The van der Waals surface area contributed by atoms with Crippen LogP contribution in [-0.4, -0.2) is 20.2 Å². The monoisotopic (exact) mass is 308 g/mol. The second-order valence-corrected chi connectivity index (χ2v) is 4.88. The number of hydrogen-bond donors (Lipinski definition) is 0. The number of hydrogen-bond acceptors (Lipinski definition) is 3. The molecule has 0 atom stereocenters. The summed E-state index contributed by atoms with van der Waals surface area (Å²) < 4.78 is 9.83. The first kappa shape index (κ1) is 16.6. The zero-order chi connectivity index (χ0) is 16.5. The molecule has 0 radical (unpaired) electrons. The van der Waals surface area contributed by atoms with E-state index in [4.69, 9.17) is 4.74 Å². The first-order chi connectivity index (χ1) is 11.2. The van der Waals surface area contributed by atoms with Crippen molar-refractivity contribution < 1.29 is 14.3 Å². The number of benzene rings is 2. The highest BCUT2D eigenvalue weighted by Crippen LogP contribution is 2.25. The van der Waals surface area contributed by atoms with Gasteiger partial charge in [-0.2, -0.15) is 0 Å². The van der Waals surface area contributed by atoms with E-state index in [1.165, 1.54) is 7.11 Å². The van der Waals surface area contributed by atoms with Gasteiger partial charge in [-0.3, -0.25) is 4.79 Å². The summed E-state index contributed by atoms with van der Waals surface area (Å²) in [6.45, 7) is 0. The van der Waals surface area contributed by atoms with E-state index in [0.717, 1.165) is 22.4 Å². The molecule has 0 fully saturated rings. The SMILES string of the molecule is COC(=O)C/C=C/C=C(/c1ccccc1)c1ccc(OC)cc1. The van der Waals surface area contributed by atoms with Gasteiger partial charge < -0.3 is 9.47 Å². The van der Waals surface area contributed by atoms with Crippen LogP contribution in [0.4, 0.5) is 0 Å². The van der Waals surface area contributed by atoms with Gasteiger partial charge in [-0.1, -0.05) is 60.7 Å². The van der Waals surface area contributed by atoms with Gasteiger partial charge in [0.2, 0.25) is 0 Å². The van der Waals surface area contributed by atoms with Crippen LogP contribution >= 0.6 is 0 Å². The lowest BCUT2D eigenvalue weighted by molar-refractivity contribution is -0.139. The Morgan fingerprint density at radius 2 is 1.61 bits per heavy atom. The van der Waals surface area contributed by atoms with Crippen molar-refractivity contribution in [1.82, 2.24) is 0 Å². The molecule has 0 saturated heterocycles. The Morgan fingerprint density at radius 3 is 2.22 bits per heavy atom. The van der Waals surface area contributed by atoms with E-state index in [1.54, 1.807) is 13.2 Å². The van der Waals surface area contributed by atoms with E-state index < -0.39 is 0 Å². The van der Waals surface area contributed by atoms with Crippen molar-refractivity contribution in [3.63, 3.8) is 0 Å². The molecule has 0 N–H and O–H groups in total. The molecule has 0 heterocycles. The Morgan fingerprint density at radius 1 is 0.957 bits per heavy atom. The average Bonchev–Trinajstić information content (AvgIpc) is 2.62. The van der Waals surface area contributed by atoms with E-state index in [2.05, 4.69) is 16.9 Å². The lowest BCUT2D eigenvalue weighted by atomic mass is 9.97. The molecule has 118 valence electrons. The number of ether oxygens (including phenoxy) is 2. The molecule has 0 saturated carbocycles. The number of carbonyl (C=O) groups excluding carboxylic acids is 1. The molecule has 0 unspecified atom stereocenters. The van der Waals surface area contributed by atoms with Crippen molar-refractivity contribution in [2.45, 2.75) is 6.42 Å². The summed E-state index contributed by atoms with van der Waals surface area (Å²) >= 11 is 0. The molecule has 0 bridgehead atoms. The first-order valence-corrected chi connectivity index (χ1v) is 7.38. The molecule has 23 heavy (non-hydrogen) atoms. The van der Waals surface area contributed by atoms with Crippen molar-refractivity contribution in [3.8, 4) is 5.75 Å². The second-order valence-electron chi connectivity index (χ2n) is 4.88. The van der Waals surface area contributed by atoms with Gasteiger partial charge in [0, 0.05) is 0 Å². The molecule has 0 aliphatic heterocycles. The van der Waals surface area contributed by atoms with Crippen LogP contribution in [0, 0.1) is 0 Å². The topological polar surface area (TPSA) is 35.5 Å². The minimum Gasteiger partial charge on any atom is -0.497 e. The average molecular weight is 308 g/mol. The largest absolute Gasteiger partial charge is 0.497 e. The van der Waals surface area contributed by atoms with Gasteiger partial charge >= 0.3 is 5.97 Å². The Bertz CT molecular complexity index is 683. The summed E-state index contributed by atoms with van der Waals surface area (Å²) in [5.74, 6) is 0.572. The fraction of sp³-hybridized carbons (Fsp3) is 0.150. The minimum atomic E-state index is -0.250. The molecule has 0 amide bonds. The van der Waals surface area contributed by atoms with Crippen molar-refractivity contribution in [3.05, 3.63) is 84.0 Å². The zero-order valence-electron chi connectivity index (χ0n) is 13.4. The summed E-state index contributed by atoms with van der Waals surface area (Å²) in [4.78, 5) is 11.2. The van der Waals surface area contributed by atoms with Gasteiger partial charge in [0.15, 0.2) is 0 Å². The molecule has 2 aromatic carbocycles. The minimum absolute atomic E-state index is 0.250. The lowest BCUT2D eigenvalue weighted by Crippen LogP contribution is -1.96. The highest BCUT2D eigenvalue weighted by Gasteiger charge is 2.04. The molecule has 2 rings (SSSR count). The van der Waals surface area contributed by atoms with Crippen molar-refractivity contribution in [2.75, 3.05) is 14.2 Å². The molecule has 3 heteroatoms.